The number of rotatable bonds is 8. The fourth-order valence-corrected chi connectivity index (χ4v) is 8.76. The molecule has 3 heterocycles. The second-order valence-electron chi connectivity index (χ2n) is 12.8. The first kappa shape index (κ1) is 32.4. The Kier molecular flexibility index (Phi) is 9.21. The van der Waals surface area contributed by atoms with Crippen molar-refractivity contribution in [2.24, 2.45) is 4.99 Å². The first-order valence-corrected chi connectivity index (χ1v) is 18.5. The van der Waals surface area contributed by atoms with Crippen LogP contribution in [0.25, 0.3) is 6.08 Å². The van der Waals surface area contributed by atoms with Crippen LogP contribution in [0.1, 0.15) is 58.1 Å². The molecule has 6 nitrogen and oxygen atoms in total. The van der Waals surface area contributed by atoms with Gasteiger partial charge in [0.2, 0.25) is 0 Å². The van der Waals surface area contributed by atoms with Crippen LogP contribution in [0.15, 0.2) is 130 Å². The van der Waals surface area contributed by atoms with Crippen LogP contribution >= 0.6 is 27.7 Å². The molecule has 3 aliphatic heterocycles. The topological polar surface area (TPSA) is 63.2 Å². The van der Waals surface area contributed by atoms with Crippen molar-refractivity contribution in [3.05, 3.63) is 158 Å². The molecule has 1 amide bonds. The van der Waals surface area contributed by atoms with Gasteiger partial charge in [0, 0.05) is 30.6 Å². The molecule has 0 saturated carbocycles. The number of aliphatic imine (C=N–C) groups is 1. The maximum Gasteiger partial charge on any atom is 0.264 e. The summed E-state index contributed by atoms with van der Waals surface area (Å²) < 4.78 is 12.5. The average molecular weight is 743 g/mol. The Hall–Kier alpha value is -4.79. The number of hydrogen-bond donors (Lipinski definition) is 1. The lowest BCUT2D eigenvalue weighted by Crippen LogP contribution is -2.37. The van der Waals surface area contributed by atoms with Crippen LogP contribution in [0.2, 0.25) is 0 Å². The molecule has 2 atom stereocenters. The van der Waals surface area contributed by atoms with Crippen LogP contribution in [0.5, 0.6) is 11.5 Å². The second kappa shape index (κ2) is 14.2. The highest BCUT2D eigenvalue weighted by Gasteiger charge is 2.35. The number of nitrogens with one attached hydrogen (secondary N) is 1. The minimum absolute atomic E-state index is 0.178. The predicted molar refractivity (Wildman–Crippen MR) is 207 cm³/mol. The normalized spacial score (nSPS) is 19.7. The van der Waals surface area contributed by atoms with Crippen LogP contribution in [-0.2, 0) is 11.4 Å². The zero-order valence-electron chi connectivity index (χ0n) is 27.6. The van der Waals surface area contributed by atoms with Gasteiger partial charge in [-0.25, -0.2) is 4.99 Å². The standard InChI is InChI=1S/C42H36BrN3O3S/c1-48-37-22-28(21-36(43)40(37)49-26-27-11-5-2-6-12-27)23-38-41(47)45-42(50-38)44-31-24-34-32(29-13-7-3-8-14-29)17-19-46-20-18-33(35(25-31)39(34)46)30-15-9-4-10-16-30/h2-16,21-25,32-33H,17-20,26H2,1H3,(H,44,45,47)/b38-23-/t32-,33-/m1/s1. The van der Waals surface area contributed by atoms with E-state index >= 15 is 0 Å². The van der Waals surface area contributed by atoms with E-state index < -0.39 is 0 Å². The Morgan fingerprint density at radius 2 is 1.46 bits per heavy atom. The van der Waals surface area contributed by atoms with Crippen molar-refractivity contribution in [2.75, 3.05) is 25.1 Å². The van der Waals surface area contributed by atoms with E-state index in [4.69, 9.17) is 14.5 Å². The van der Waals surface area contributed by atoms with E-state index in [1.54, 1.807) is 7.11 Å². The van der Waals surface area contributed by atoms with Crippen molar-refractivity contribution in [3.8, 4) is 11.5 Å². The number of benzene rings is 5. The van der Waals surface area contributed by atoms with E-state index in [0.29, 0.717) is 28.2 Å². The van der Waals surface area contributed by atoms with Gasteiger partial charge < -0.3 is 19.7 Å². The van der Waals surface area contributed by atoms with E-state index in [2.05, 4.69) is 98.9 Å². The number of methoxy groups -OCH3 is 1. The van der Waals surface area contributed by atoms with Crippen LogP contribution in [0.4, 0.5) is 11.4 Å². The third kappa shape index (κ3) is 6.57. The molecule has 0 unspecified atom stereocenters. The van der Waals surface area contributed by atoms with Crippen molar-refractivity contribution >= 4 is 56.2 Å². The molecule has 250 valence electrons. The van der Waals surface area contributed by atoms with Gasteiger partial charge in [0.15, 0.2) is 16.7 Å². The Bertz CT molecular complexity index is 2030. The molecule has 0 aliphatic carbocycles. The second-order valence-corrected chi connectivity index (χ2v) is 14.6. The number of nitrogens with zero attached hydrogens (tertiary/aromatic N) is 2. The molecule has 1 N–H and O–H groups in total. The van der Waals surface area contributed by atoms with Gasteiger partial charge >= 0.3 is 0 Å². The molecule has 8 heteroatoms. The first-order valence-electron chi connectivity index (χ1n) is 16.9. The summed E-state index contributed by atoms with van der Waals surface area (Å²) >= 11 is 5.01. The number of amidine groups is 1. The third-order valence-electron chi connectivity index (χ3n) is 9.66. The first-order chi connectivity index (χ1) is 24.5. The summed E-state index contributed by atoms with van der Waals surface area (Å²) in [6.07, 6.45) is 3.97. The third-order valence-corrected chi connectivity index (χ3v) is 11.2. The molecule has 1 saturated heterocycles. The van der Waals surface area contributed by atoms with Gasteiger partial charge in [-0.2, -0.15) is 0 Å². The Balaban J connectivity index is 1.12. The van der Waals surface area contributed by atoms with E-state index in [-0.39, 0.29) is 17.7 Å². The Morgan fingerprint density at radius 1 is 0.860 bits per heavy atom. The molecule has 5 aromatic rings. The summed E-state index contributed by atoms with van der Waals surface area (Å²) in [5.74, 6) is 1.58. The molecule has 0 aromatic heterocycles. The molecule has 0 bridgehead atoms. The highest BCUT2D eigenvalue weighted by Crippen LogP contribution is 2.50. The number of anilines is 1. The molecular formula is C42H36BrN3O3S. The van der Waals surface area contributed by atoms with E-state index in [1.165, 1.54) is 39.7 Å². The molecule has 0 spiro atoms. The monoisotopic (exact) mass is 741 g/mol. The van der Waals surface area contributed by atoms with Gasteiger partial charge in [-0.1, -0.05) is 91.0 Å². The fourth-order valence-electron chi connectivity index (χ4n) is 7.35. The summed E-state index contributed by atoms with van der Waals surface area (Å²) in [7, 11) is 1.62. The number of hydrogen-bond acceptors (Lipinski definition) is 6. The van der Waals surface area contributed by atoms with Gasteiger partial charge in [-0.05, 0) is 104 Å². The minimum Gasteiger partial charge on any atom is -0.493 e. The van der Waals surface area contributed by atoms with Crippen molar-refractivity contribution in [1.82, 2.24) is 5.32 Å². The highest BCUT2D eigenvalue weighted by molar-refractivity contribution is 9.10. The molecule has 1 fully saturated rings. The number of amides is 1. The maximum absolute atomic E-state index is 13.3. The van der Waals surface area contributed by atoms with Crippen molar-refractivity contribution in [2.45, 2.75) is 31.3 Å². The molecule has 3 aliphatic rings. The molecule has 50 heavy (non-hydrogen) atoms. The van der Waals surface area contributed by atoms with E-state index in [1.807, 2.05) is 48.5 Å². The fraction of sp³-hybridized carbons (Fsp3) is 0.190. The van der Waals surface area contributed by atoms with Crippen molar-refractivity contribution in [3.63, 3.8) is 0 Å². The van der Waals surface area contributed by atoms with Crippen molar-refractivity contribution < 1.29 is 14.3 Å². The number of carbonyl (C=O) groups excluding carboxylic acids is 1. The molecule has 0 radical (unpaired) electrons. The summed E-state index contributed by atoms with van der Waals surface area (Å²) in [5.41, 5.74) is 9.37. The quantitative estimate of drug-likeness (QED) is 0.161. The average Bonchev–Trinajstić information content (AvgIpc) is 3.49. The lowest BCUT2D eigenvalue weighted by molar-refractivity contribution is -0.115. The maximum atomic E-state index is 13.3. The smallest absolute Gasteiger partial charge is 0.264 e. The molecule has 5 aromatic carbocycles. The van der Waals surface area contributed by atoms with Gasteiger partial charge in [-0.3, -0.25) is 4.79 Å². The zero-order valence-corrected chi connectivity index (χ0v) is 30.0. The summed E-state index contributed by atoms with van der Waals surface area (Å²) in [6, 6.07) is 39.9. The summed E-state index contributed by atoms with van der Waals surface area (Å²) in [5, 5.41) is 3.59. The van der Waals surface area contributed by atoms with E-state index in [0.717, 1.165) is 47.2 Å². The number of thioether (sulfide) groups is 1. The zero-order chi connectivity index (χ0) is 34.0. The number of ether oxygens (including phenoxy) is 2. The van der Waals surface area contributed by atoms with Crippen LogP contribution in [-0.4, -0.2) is 31.3 Å². The predicted octanol–water partition coefficient (Wildman–Crippen LogP) is 9.81. The largest absolute Gasteiger partial charge is 0.493 e. The summed E-state index contributed by atoms with van der Waals surface area (Å²) in [6.45, 7) is 2.49. The Labute approximate surface area is 305 Å². The number of carbonyl (C=O) groups is 1. The van der Waals surface area contributed by atoms with Crippen LogP contribution in [0, 0.1) is 0 Å². The SMILES string of the molecule is COc1cc(/C=C2\SC(=Nc3cc4c5c(c3)[C@@H](c3ccccc3)CCN5CC[C@@H]4c3ccccc3)NC2=O)cc(Br)c1OCc1ccccc1. The van der Waals surface area contributed by atoms with Gasteiger partial charge in [0.1, 0.15) is 6.61 Å². The lowest BCUT2D eigenvalue weighted by Gasteiger charge is -2.43. The minimum atomic E-state index is -0.178. The molecule has 8 rings (SSSR count). The highest BCUT2D eigenvalue weighted by atomic mass is 79.9. The van der Waals surface area contributed by atoms with Crippen molar-refractivity contribution in [1.29, 1.82) is 0 Å². The van der Waals surface area contributed by atoms with Crippen LogP contribution < -0.4 is 19.7 Å². The van der Waals surface area contributed by atoms with Gasteiger partial charge in [0.05, 0.1) is 22.2 Å². The van der Waals surface area contributed by atoms with E-state index in [9.17, 15) is 4.79 Å². The number of halogens is 1. The van der Waals surface area contributed by atoms with Gasteiger partial charge in [0.25, 0.3) is 5.91 Å². The lowest BCUT2D eigenvalue weighted by atomic mass is 9.76. The summed E-state index contributed by atoms with van der Waals surface area (Å²) in [4.78, 5) is 21.5. The van der Waals surface area contributed by atoms with Gasteiger partial charge in [-0.15, -0.1) is 0 Å². The molecular weight excluding hydrogens is 706 g/mol. The van der Waals surface area contributed by atoms with Crippen LogP contribution in [0.3, 0.4) is 0 Å². The Morgan fingerprint density at radius 3 is 2.06 bits per heavy atom.